The summed E-state index contributed by atoms with van der Waals surface area (Å²) in [5.41, 5.74) is 0. The molecular formula is C15H24FN5O. The smallest absolute Gasteiger partial charge is 0.224 e. The average molecular weight is 309 g/mol. The molecular weight excluding hydrogens is 285 g/mol. The van der Waals surface area contributed by atoms with Gasteiger partial charge in [-0.2, -0.15) is 4.98 Å². The maximum absolute atomic E-state index is 13.5. The molecule has 1 fully saturated rings. The highest BCUT2D eigenvalue weighted by Gasteiger charge is 2.25. The maximum atomic E-state index is 13.5. The summed E-state index contributed by atoms with van der Waals surface area (Å²) in [5, 5.41) is 5.89. The molecule has 1 amide bonds. The van der Waals surface area contributed by atoms with Gasteiger partial charge in [0, 0.05) is 33.6 Å². The average Bonchev–Trinajstić information content (AvgIpc) is 2.53. The number of carbonyl (C=O) groups excluding carboxylic acids is 1. The van der Waals surface area contributed by atoms with E-state index in [-0.39, 0.29) is 17.6 Å². The van der Waals surface area contributed by atoms with Crippen molar-refractivity contribution in [2.45, 2.75) is 25.7 Å². The Kier molecular flexibility index (Phi) is 5.51. The van der Waals surface area contributed by atoms with E-state index in [1.54, 1.807) is 26.0 Å². The van der Waals surface area contributed by atoms with Crippen LogP contribution in [0.2, 0.25) is 0 Å². The van der Waals surface area contributed by atoms with Crippen molar-refractivity contribution in [1.82, 2.24) is 15.3 Å². The molecule has 0 bridgehead atoms. The molecule has 0 aromatic carbocycles. The number of hydrogen-bond acceptors (Lipinski definition) is 5. The molecule has 22 heavy (non-hydrogen) atoms. The van der Waals surface area contributed by atoms with Crippen LogP contribution in [0.1, 0.15) is 25.7 Å². The standard InChI is InChI=1S/C15H24FN5O/c1-17-14(22)11-6-4-10(5-7-11)8-18-15-19-9-12(16)13(20-15)21(2)3/h9-11H,4-8H2,1-3H3,(H,17,22)(H,18,19,20). The molecule has 0 saturated heterocycles. The molecule has 1 aliphatic rings. The first kappa shape index (κ1) is 16.5. The normalized spacial score (nSPS) is 21.3. The summed E-state index contributed by atoms with van der Waals surface area (Å²) in [6.07, 6.45) is 5.03. The van der Waals surface area contributed by atoms with Crippen molar-refractivity contribution in [1.29, 1.82) is 0 Å². The molecule has 1 aromatic heterocycles. The molecule has 2 N–H and O–H groups in total. The number of nitrogens with zero attached hydrogens (tertiary/aromatic N) is 3. The quantitative estimate of drug-likeness (QED) is 0.865. The van der Waals surface area contributed by atoms with Crippen LogP contribution in [0.3, 0.4) is 0 Å². The van der Waals surface area contributed by atoms with E-state index >= 15 is 0 Å². The van der Waals surface area contributed by atoms with Crippen LogP contribution in [0.25, 0.3) is 0 Å². The van der Waals surface area contributed by atoms with Crippen molar-refractivity contribution >= 4 is 17.7 Å². The lowest BCUT2D eigenvalue weighted by Gasteiger charge is -2.27. The van der Waals surface area contributed by atoms with Crippen LogP contribution >= 0.6 is 0 Å². The first-order valence-electron chi connectivity index (χ1n) is 7.66. The second-order valence-electron chi connectivity index (χ2n) is 5.97. The fraction of sp³-hybridized carbons (Fsp3) is 0.667. The Morgan fingerprint density at radius 3 is 2.64 bits per heavy atom. The van der Waals surface area contributed by atoms with Crippen LogP contribution in [0.15, 0.2) is 6.20 Å². The SMILES string of the molecule is CNC(=O)C1CCC(CNc2ncc(F)c(N(C)C)n2)CC1. The highest BCUT2D eigenvalue weighted by molar-refractivity contribution is 5.78. The molecule has 1 saturated carbocycles. The molecule has 1 aliphatic carbocycles. The molecule has 2 rings (SSSR count). The van der Waals surface area contributed by atoms with Gasteiger partial charge in [0.05, 0.1) is 6.20 Å². The van der Waals surface area contributed by atoms with Gasteiger partial charge in [-0.25, -0.2) is 9.37 Å². The van der Waals surface area contributed by atoms with Gasteiger partial charge >= 0.3 is 0 Å². The summed E-state index contributed by atoms with van der Waals surface area (Å²) in [6, 6.07) is 0. The lowest BCUT2D eigenvalue weighted by Crippen LogP contribution is -2.32. The van der Waals surface area contributed by atoms with Gasteiger partial charge in [-0.1, -0.05) is 0 Å². The van der Waals surface area contributed by atoms with Gasteiger partial charge < -0.3 is 15.5 Å². The van der Waals surface area contributed by atoms with E-state index in [0.29, 0.717) is 11.9 Å². The zero-order valence-corrected chi connectivity index (χ0v) is 13.4. The van der Waals surface area contributed by atoms with Gasteiger partial charge in [0.15, 0.2) is 11.6 Å². The highest BCUT2D eigenvalue weighted by atomic mass is 19.1. The number of anilines is 2. The Labute approximate surface area is 130 Å². The Balaban J connectivity index is 1.84. The lowest BCUT2D eigenvalue weighted by atomic mass is 9.81. The monoisotopic (exact) mass is 309 g/mol. The highest BCUT2D eigenvalue weighted by Crippen LogP contribution is 2.29. The fourth-order valence-corrected chi connectivity index (χ4v) is 2.83. The van der Waals surface area contributed by atoms with Crippen LogP contribution in [-0.2, 0) is 4.79 Å². The van der Waals surface area contributed by atoms with Crippen LogP contribution in [0.5, 0.6) is 0 Å². The van der Waals surface area contributed by atoms with E-state index < -0.39 is 5.82 Å². The van der Waals surface area contributed by atoms with Crippen LogP contribution in [0, 0.1) is 17.7 Å². The summed E-state index contributed by atoms with van der Waals surface area (Å²) < 4.78 is 13.5. The van der Waals surface area contributed by atoms with E-state index in [4.69, 9.17) is 0 Å². The van der Waals surface area contributed by atoms with E-state index in [1.807, 2.05) is 0 Å². The van der Waals surface area contributed by atoms with Crippen molar-refractivity contribution in [3.05, 3.63) is 12.0 Å². The molecule has 0 aliphatic heterocycles. The number of aromatic nitrogens is 2. The first-order valence-corrected chi connectivity index (χ1v) is 7.66. The molecule has 0 unspecified atom stereocenters. The van der Waals surface area contributed by atoms with Crippen molar-refractivity contribution < 1.29 is 9.18 Å². The van der Waals surface area contributed by atoms with Gasteiger partial charge in [0.2, 0.25) is 11.9 Å². The number of carbonyl (C=O) groups is 1. The van der Waals surface area contributed by atoms with E-state index in [2.05, 4.69) is 20.6 Å². The van der Waals surface area contributed by atoms with Crippen molar-refractivity contribution in [2.75, 3.05) is 37.9 Å². The van der Waals surface area contributed by atoms with Crippen molar-refractivity contribution in [3.8, 4) is 0 Å². The number of rotatable bonds is 5. The second-order valence-corrected chi connectivity index (χ2v) is 5.97. The Bertz CT molecular complexity index is 515. The zero-order chi connectivity index (χ0) is 16.1. The summed E-state index contributed by atoms with van der Waals surface area (Å²) in [6.45, 7) is 0.749. The summed E-state index contributed by atoms with van der Waals surface area (Å²) in [5.74, 6) is 1.07. The molecule has 0 spiro atoms. The van der Waals surface area contributed by atoms with Crippen LogP contribution in [-0.4, -0.2) is 43.6 Å². The van der Waals surface area contributed by atoms with Gasteiger partial charge in [0.1, 0.15) is 0 Å². The Morgan fingerprint density at radius 2 is 2.05 bits per heavy atom. The first-order chi connectivity index (χ1) is 10.5. The molecule has 0 radical (unpaired) electrons. The molecule has 0 atom stereocenters. The van der Waals surface area contributed by atoms with Gasteiger partial charge in [-0.15, -0.1) is 0 Å². The Morgan fingerprint density at radius 1 is 1.36 bits per heavy atom. The predicted molar refractivity (Wildman–Crippen MR) is 84.3 cm³/mol. The van der Waals surface area contributed by atoms with Crippen LogP contribution < -0.4 is 15.5 Å². The van der Waals surface area contributed by atoms with E-state index in [0.717, 1.165) is 32.2 Å². The second kappa shape index (κ2) is 7.38. The summed E-state index contributed by atoms with van der Waals surface area (Å²) in [4.78, 5) is 21.4. The molecule has 1 heterocycles. The maximum Gasteiger partial charge on any atom is 0.224 e. The number of halogens is 1. The molecule has 1 aromatic rings. The van der Waals surface area contributed by atoms with Crippen molar-refractivity contribution in [3.63, 3.8) is 0 Å². The van der Waals surface area contributed by atoms with Crippen molar-refractivity contribution in [2.24, 2.45) is 11.8 Å². The van der Waals surface area contributed by atoms with Crippen LogP contribution in [0.4, 0.5) is 16.2 Å². The molecule has 7 heteroatoms. The minimum Gasteiger partial charge on any atom is -0.360 e. The minimum absolute atomic E-state index is 0.142. The third-order valence-corrected chi connectivity index (χ3v) is 4.16. The number of amides is 1. The third kappa shape index (κ3) is 4.05. The van der Waals surface area contributed by atoms with E-state index in [9.17, 15) is 9.18 Å². The minimum atomic E-state index is -0.429. The zero-order valence-electron chi connectivity index (χ0n) is 13.4. The molecule has 6 nitrogen and oxygen atoms in total. The van der Waals surface area contributed by atoms with Gasteiger partial charge in [-0.3, -0.25) is 4.79 Å². The van der Waals surface area contributed by atoms with Gasteiger partial charge in [-0.05, 0) is 31.6 Å². The Hall–Kier alpha value is -1.92. The number of nitrogens with one attached hydrogen (secondary N) is 2. The lowest BCUT2D eigenvalue weighted by molar-refractivity contribution is -0.125. The molecule has 122 valence electrons. The van der Waals surface area contributed by atoms with Gasteiger partial charge in [0.25, 0.3) is 0 Å². The van der Waals surface area contributed by atoms with E-state index in [1.165, 1.54) is 6.20 Å². The topological polar surface area (TPSA) is 70.2 Å². The summed E-state index contributed by atoms with van der Waals surface area (Å²) in [7, 11) is 5.18. The number of hydrogen-bond donors (Lipinski definition) is 2. The predicted octanol–water partition coefficient (Wildman–Crippen LogP) is 1.65. The largest absolute Gasteiger partial charge is 0.360 e. The summed E-state index contributed by atoms with van der Waals surface area (Å²) >= 11 is 0. The fourth-order valence-electron chi connectivity index (χ4n) is 2.83. The third-order valence-electron chi connectivity index (χ3n) is 4.16.